The topological polar surface area (TPSA) is 60.5 Å². The van der Waals surface area contributed by atoms with Crippen LogP contribution in [0.1, 0.15) is 90.5 Å². The fraction of sp³-hybridized carbons (Fsp3) is 0.767. The molecule has 0 N–H and O–H groups in total. The number of hydrogen-bond donors (Lipinski definition) is 0. The van der Waals surface area contributed by atoms with Crippen molar-refractivity contribution in [3.8, 4) is 0 Å². The van der Waals surface area contributed by atoms with E-state index in [9.17, 15) is 13.6 Å². The van der Waals surface area contributed by atoms with Crippen LogP contribution in [0.15, 0.2) is 18.2 Å². The molecule has 0 bridgehead atoms. The monoisotopic (exact) mass is 552 g/mol. The molecule has 9 heteroatoms. The van der Waals surface area contributed by atoms with Crippen molar-refractivity contribution in [2.45, 2.75) is 128 Å². The SMILES string of the molecule is CCCCCCCCCCCCO[C@H]1O[C@H]([C@@H]2CN(C)C(=O)N2Cc2ccc(F)cc2F)[C@@H]2OC(C)(C)O[C@H]12. The van der Waals surface area contributed by atoms with Gasteiger partial charge in [-0.2, -0.15) is 0 Å². The van der Waals surface area contributed by atoms with E-state index in [-0.39, 0.29) is 18.1 Å². The largest absolute Gasteiger partial charge is 0.350 e. The molecule has 3 fully saturated rings. The number of urea groups is 1. The Morgan fingerprint density at radius 3 is 2.26 bits per heavy atom. The van der Waals surface area contributed by atoms with E-state index in [1.165, 1.54) is 63.5 Å². The molecular weight excluding hydrogens is 506 g/mol. The zero-order valence-corrected chi connectivity index (χ0v) is 24.0. The lowest BCUT2D eigenvalue weighted by molar-refractivity contribution is -0.238. The van der Waals surface area contributed by atoms with Crippen LogP contribution in [0.25, 0.3) is 0 Å². The van der Waals surface area contributed by atoms with Gasteiger partial charge < -0.3 is 28.7 Å². The van der Waals surface area contributed by atoms with Gasteiger partial charge in [-0.3, -0.25) is 0 Å². The van der Waals surface area contributed by atoms with Crippen LogP contribution >= 0.6 is 0 Å². The second kappa shape index (κ2) is 13.7. The van der Waals surface area contributed by atoms with E-state index < -0.39 is 48.1 Å². The van der Waals surface area contributed by atoms with Crippen LogP contribution in [-0.2, 0) is 25.5 Å². The van der Waals surface area contributed by atoms with Gasteiger partial charge in [0.05, 0.1) is 12.6 Å². The summed E-state index contributed by atoms with van der Waals surface area (Å²) in [7, 11) is 1.71. The number of hydrogen-bond acceptors (Lipinski definition) is 5. The zero-order valence-electron chi connectivity index (χ0n) is 24.0. The third kappa shape index (κ3) is 7.69. The highest BCUT2D eigenvalue weighted by atomic mass is 19.1. The molecule has 0 radical (unpaired) electrons. The summed E-state index contributed by atoms with van der Waals surface area (Å²) < 4.78 is 52.8. The van der Waals surface area contributed by atoms with Crippen LogP contribution in [-0.4, -0.2) is 72.5 Å². The highest BCUT2D eigenvalue weighted by molar-refractivity contribution is 5.77. The Morgan fingerprint density at radius 1 is 0.949 bits per heavy atom. The molecular formula is C30H46F2N2O5. The molecule has 2 amide bonds. The lowest BCUT2D eigenvalue weighted by Crippen LogP contribution is -2.47. The standard InChI is InChI=1S/C30H46F2N2O5/c1-5-6-7-8-9-10-11-12-13-14-17-36-28-27-26(38-30(2,3)39-27)25(37-28)24-20-33(4)29(35)34(24)19-21-15-16-22(31)18-23(21)32/h15-16,18,24-28H,5-14,17,19-20H2,1-4H3/t24-,25+,26-,27-,28-/m0/s1. The van der Waals surface area contributed by atoms with E-state index in [4.69, 9.17) is 18.9 Å². The number of likely N-dealkylation sites (N-methyl/N-ethyl adjacent to an activating group) is 1. The second-order valence-corrected chi connectivity index (χ2v) is 11.7. The number of carbonyl (C=O) groups is 1. The number of benzene rings is 1. The first kappa shape index (κ1) is 30.2. The highest BCUT2D eigenvalue weighted by Gasteiger charge is 2.60. The molecule has 4 rings (SSSR count). The van der Waals surface area contributed by atoms with Crippen LogP contribution in [0.2, 0.25) is 0 Å². The van der Waals surface area contributed by atoms with Crippen molar-refractivity contribution < 1.29 is 32.5 Å². The number of halogens is 2. The quantitative estimate of drug-likeness (QED) is 0.236. The smallest absolute Gasteiger partial charge is 0.320 e. The molecule has 7 nitrogen and oxygen atoms in total. The van der Waals surface area contributed by atoms with E-state index >= 15 is 0 Å². The van der Waals surface area contributed by atoms with Crippen LogP contribution < -0.4 is 0 Å². The van der Waals surface area contributed by atoms with Gasteiger partial charge >= 0.3 is 6.03 Å². The molecule has 1 aromatic carbocycles. The van der Waals surface area contributed by atoms with Gasteiger partial charge in [0.1, 0.15) is 29.9 Å². The Hall–Kier alpha value is -1.81. The minimum atomic E-state index is -0.807. The van der Waals surface area contributed by atoms with Crippen molar-refractivity contribution in [3.05, 3.63) is 35.4 Å². The molecule has 3 aliphatic rings. The van der Waals surface area contributed by atoms with Crippen molar-refractivity contribution in [3.63, 3.8) is 0 Å². The maximum Gasteiger partial charge on any atom is 0.320 e. The summed E-state index contributed by atoms with van der Waals surface area (Å²) in [6.45, 7) is 6.93. The molecule has 1 aromatic rings. The predicted molar refractivity (Wildman–Crippen MR) is 144 cm³/mol. The van der Waals surface area contributed by atoms with Crippen molar-refractivity contribution in [1.82, 2.24) is 9.80 Å². The van der Waals surface area contributed by atoms with Gasteiger partial charge in [0.15, 0.2) is 12.1 Å². The first-order chi connectivity index (χ1) is 18.7. The van der Waals surface area contributed by atoms with E-state index in [2.05, 4.69) is 6.92 Å². The second-order valence-electron chi connectivity index (χ2n) is 11.7. The fourth-order valence-electron chi connectivity index (χ4n) is 5.94. The minimum absolute atomic E-state index is 0.00553. The van der Waals surface area contributed by atoms with Crippen LogP contribution in [0.5, 0.6) is 0 Å². The number of nitrogens with zero attached hydrogens (tertiary/aromatic N) is 2. The molecule has 0 aliphatic carbocycles. The molecule has 3 heterocycles. The summed E-state index contributed by atoms with van der Waals surface area (Å²) in [4.78, 5) is 16.2. The summed E-state index contributed by atoms with van der Waals surface area (Å²) >= 11 is 0. The Balaban J connectivity index is 1.31. The van der Waals surface area contributed by atoms with Crippen LogP contribution in [0, 0.1) is 11.6 Å². The molecule has 39 heavy (non-hydrogen) atoms. The first-order valence-corrected chi connectivity index (χ1v) is 14.8. The first-order valence-electron chi connectivity index (χ1n) is 14.8. The number of ether oxygens (including phenoxy) is 4. The van der Waals surface area contributed by atoms with Crippen molar-refractivity contribution >= 4 is 6.03 Å². The summed E-state index contributed by atoms with van der Waals surface area (Å²) in [5.41, 5.74) is 0.247. The molecule has 0 aromatic heterocycles. The summed E-state index contributed by atoms with van der Waals surface area (Å²) in [5.74, 6) is -2.14. The van der Waals surface area contributed by atoms with Crippen LogP contribution in [0.3, 0.4) is 0 Å². The average Bonchev–Trinajstić information content (AvgIpc) is 3.47. The Morgan fingerprint density at radius 2 is 1.59 bits per heavy atom. The minimum Gasteiger partial charge on any atom is -0.350 e. The van der Waals surface area contributed by atoms with E-state index in [0.29, 0.717) is 13.2 Å². The van der Waals surface area contributed by atoms with Gasteiger partial charge in [-0.1, -0.05) is 70.8 Å². The normalized spacial score (nSPS) is 28.1. The lowest BCUT2D eigenvalue weighted by atomic mass is 10.0. The van der Waals surface area contributed by atoms with Gasteiger partial charge in [0, 0.05) is 31.8 Å². The maximum atomic E-state index is 14.5. The molecule has 3 saturated heterocycles. The van der Waals surface area contributed by atoms with Gasteiger partial charge in [0.25, 0.3) is 0 Å². The van der Waals surface area contributed by atoms with E-state index in [1.807, 2.05) is 13.8 Å². The highest BCUT2D eigenvalue weighted by Crippen LogP contribution is 2.42. The molecule has 0 unspecified atom stereocenters. The lowest BCUT2D eigenvalue weighted by Gasteiger charge is -2.31. The molecule has 0 spiro atoms. The molecule has 5 atom stereocenters. The Bertz CT molecular complexity index is 948. The fourth-order valence-corrected chi connectivity index (χ4v) is 5.94. The maximum absolute atomic E-state index is 14.5. The molecule has 220 valence electrons. The molecule has 3 aliphatic heterocycles. The Labute approximate surface area is 232 Å². The molecule has 0 saturated carbocycles. The summed E-state index contributed by atoms with van der Waals surface area (Å²) in [6.07, 6.45) is 10.5. The summed E-state index contributed by atoms with van der Waals surface area (Å²) in [6, 6.07) is 2.78. The summed E-state index contributed by atoms with van der Waals surface area (Å²) in [5, 5.41) is 0. The van der Waals surface area contributed by atoms with E-state index in [1.54, 1.807) is 16.8 Å². The number of amides is 2. The van der Waals surface area contributed by atoms with Gasteiger partial charge in [0.2, 0.25) is 0 Å². The van der Waals surface area contributed by atoms with Crippen molar-refractivity contribution in [2.24, 2.45) is 0 Å². The number of carbonyl (C=O) groups excluding carboxylic acids is 1. The van der Waals surface area contributed by atoms with Gasteiger partial charge in [-0.25, -0.2) is 13.6 Å². The van der Waals surface area contributed by atoms with E-state index in [0.717, 1.165) is 18.9 Å². The number of unbranched alkanes of at least 4 members (excludes halogenated alkanes) is 9. The number of fused-ring (bicyclic) bond motifs is 1. The van der Waals surface area contributed by atoms with Crippen molar-refractivity contribution in [2.75, 3.05) is 20.2 Å². The predicted octanol–water partition coefficient (Wildman–Crippen LogP) is 6.38. The zero-order chi connectivity index (χ0) is 28.0. The third-order valence-electron chi connectivity index (χ3n) is 8.00. The van der Waals surface area contributed by atoms with Crippen LogP contribution in [0.4, 0.5) is 13.6 Å². The Kier molecular flexibility index (Phi) is 10.6. The third-order valence-corrected chi connectivity index (χ3v) is 8.00. The van der Waals surface area contributed by atoms with Crippen molar-refractivity contribution in [1.29, 1.82) is 0 Å². The van der Waals surface area contributed by atoms with Gasteiger partial charge in [-0.05, 0) is 26.3 Å². The van der Waals surface area contributed by atoms with Gasteiger partial charge in [-0.15, -0.1) is 0 Å². The average molecular weight is 553 g/mol. The number of rotatable bonds is 15.